The van der Waals surface area contributed by atoms with E-state index in [4.69, 9.17) is 4.42 Å². The van der Waals surface area contributed by atoms with Crippen LogP contribution in [-0.2, 0) is 6.54 Å². The molecule has 1 amide bonds. The normalized spacial score (nSPS) is 10.6. The number of rotatable bonds is 5. The lowest BCUT2D eigenvalue weighted by molar-refractivity contribution is 0.0994. The smallest absolute Gasteiger partial charge is 0.292 e. The summed E-state index contributed by atoms with van der Waals surface area (Å²) in [5.41, 5.74) is 2.23. The first-order chi connectivity index (χ1) is 11.5. The number of anilines is 2. The molecule has 24 heavy (non-hydrogen) atoms. The van der Waals surface area contributed by atoms with E-state index >= 15 is 0 Å². The summed E-state index contributed by atoms with van der Waals surface area (Å²) in [5.74, 6) is 0.541. The molecule has 3 rings (SSSR count). The zero-order valence-corrected chi connectivity index (χ0v) is 14.9. The van der Waals surface area contributed by atoms with Crippen molar-refractivity contribution >= 4 is 33.3 Å². The monoisotopic (exact) mass is 388 g/mol. The molecule has 0 spiro atoms. The molecule has 1 N–H and O–H groups in total. The summed E-state index contributed by atoms with van der Waals surface area (Å²) in [6, 6.07) is 13.2. The Kier molecular flexibility index (Phi) is 4.71. The number of halogens is 1. The van der Waals surface area contributed by atoms with Gasteiger partial charge in [-0.25, -0.2) is 4.68 Å². The summed E-state index contributed by atoms with van der Waals surface area (Å²) < 4.78 is 7.51. The predicted octanol–water partition coefficient (Wildman–Crippen LogP) is 3.61. The molecule has 6 nitrogen and oxygen atoms in total. The van der Waals surface area contributed by atoms with Crippen molar-refractivity contribution in [1.29, 1.82) is 0 Å². The van der Waals surface area contributed by atoms with Crippen LogP contribution in [0.2, 0.25) is 0 Å². The Morgan fingerprint density at radius 3 is 2.58 bits per heavy atom. The maximum atomic E-state index is 12.2. The van der Waals surface area contributed by atoms with Gasteiger partial charge >= 0.3 is 0 Å². The minimum Gasteiger partial charge on any atom is -0.444 e. The number of carbonyl (C=O) groups excluding carboxylic acids is 1. The lowest BCUT2D eigenvalue weighted by atomic mass is 10.2. The minimum absolute atomic E-state index is 0.241. The molecule has 2 heterocycles. The summed E-state index contributed by atoms with van der Waals surface area (Å²) in [6.07, 6.45) is 1.65. The molecule has 0 saturated carbocycles. The maximum Gasteiger partial charge on any atom is 0.292 e. The van der Waals surface area contributed by atoms with Crippen LogP contribution in [0.15, 0.2) is 57.7 Å². The lowest BCUT2D eigenvalue weighted by Gasteiger charge is -2.13. The van der Waals surface area contributed by atoms with Crippen molar-refractivity contribution in [1.82, 2.24) is 9.78 Å². The number of hydrogen-bond donors (Lipinski definition) is 1. The van der Waals surface area contributed by atoms with E-state index in [0.29, 0.717) is 17.0 Å². The first-order valence-electron chi connectivity index (χ1n) is 7.38. The van der Waals surface area contributed by atoms with Crippen LogP contribution in [0.1, 0.15) is 16.1 Å². The molecule has 0 radical (unpaired) electrons. The fourth-order valence-corrected chi connectivity index (χ4v) is 2.56. The zero-order valence-electron chi connectivity index (χ0n) is 13.4. The fraction of sp³-hybridized carbons (Fsp3) is 0.176. The van der Waals surface area contributed by atoms with Crippen molar-refractivity contribution in [3.8, 4) is 0 Å². The van der Waals surface area contributed by atoms with Gasteiger partial charge < -0.3 is 14.6 Å². The number of hydrogen-bond acceptors (Lipinski definition) is 4. The van der Waals surface area contributed by atoms with Gasteiger partial charge in [-0.3, -0.25) is 4.79 Å². The molecule has 0 saturated heterocycles. The van der Waals surface area contributed by atoms with E-state index in [1.807, 2.05) is 31.1 Å². The SMILES string of the molecule is CN(C)c1ccc(Cn2nccc2NC(=O)c2ccc(Br)o2)cc1. The number of nitrogens with zero attached hydrogens (tertiary/aromatic N) is 3. The summed E-state index contributed by atoms with van der Waals surface area (Å²) in [7, 11) is 4.01. The van der Waals surface area contributed by atoms with Crippen molar-refractivity contribution in [2.45, 2.75) is 6.54 Å². The van der Waals surface area contributed by atoms with Crippen LogP contribution in [0.3, 0.4) is 0 Å². The van der Waals surface area contributed by atoms with E-state index in [1.165, 1.54) is 0 Å². The standard InChI is InChI=1S/C17H17BrN4O2/c1-21(2)13-5-3-12(4-6-13)11-22-16(9-10-19-22)20-17(23)14-7-8-15(18)24-14/h3-10H,11H2,1-2H3,(H,20,23). The summed E-state index contributed by atoms with van der Waals surface area (Å²) >= 11 is 3.19. The van der Waals surface area contributed by atoms with Crippen LogP contribution in [-0.4, -0.2) is 29.8 Å². The van der Waals surface area contributed by atoms with Crippen molar-refractivity contribution in [3.05, 3.63) is 64.7 Å². The Morgan fingerprint density at radius 1 is 1.21 bits per heavy atom. The molecule has 0 atom stereocenters. The van der Waals surface area contributed by atoms with Gasteiger partial charge in [0.05, 0.1) is 12.7 Å². The van der Waals surface area contributed by atoms with E-state index < -0.39 is 0 Å². The van der Waals surface area contributed by atoms with Crippen molar-refractivity contribution in [2.75, 3.05) is 24.3 Å². The molecule has 3 aromatic rings. The number of carbonyl (C=O) groups is 1. The lowest BCUT2D eigenvalue weighted by Crippen LogP contribution is -2.15. The number of benzene rings is 1. The van der Waals surface area contributed by atoms with Gasteiger partial charge in [0.25, 0.3) is 5.91 Å². The highest BCUT2D eigenvalue weighted by Gasteiger charge is 2.13. The van der Waals surface area contributed by atoms with E-state index in [1.54, 1.807) is 29.1 Å². The molecule has 0 aliphatic rings. The van der Waals surface area contributed by atoms with Gasteiger partial charge in [0.15, 0.2) is 10.4 Å². The third-order valence-corrected chi connectivity index (χ3v) is 3.97. The summed E-state index contributed by atoms with van der Waals surface area (Å²) in [5, 5.41) is 7.08. The van der Waals surface area contributed by atoms with E-state index in [-0.39, 0.29) is 11.7 Å². The Labute approximate surface area is 148 Å². The summed E-state index contributed by atoms with van der Waals surface area (Å²) in [6.45, 7) is 0.568. The molecule has 0 aliphatic heterocycles. The number of aromatic nitrogens is 2. The Bertz CT molecular complexity index is 836. The molecular formula is C17H17BrN4O2. The van der Waals surface area contributed by atoms with Crippen molar-refractivity contribution in [2.24, 2.45) is 0 Å². The quantitative estimate of drug-likeness (QED) is 0.724. The molecule has 1 aromatic carbocycles. The molecule has 0 unspecified atom stereocenters. The molecule has 7 heteroatoms. The van der Waals surface area contributed by atoms with Gasteiger partial charge in [-0.1, -0.05) is 12.1 Å². The first-order valence-corrected chi connectivity index (χ1v) is 8.17. The average Bonchev–Trinajstić information content (AvgIpc) is 3.17. The topological polar surface area (TPSA) is 63.3 Å². The van der Waals surface area contributed by atoms with Gasteiger partial charge in [-0.2, -0.15) is 5.10 Å². The van der Waals surface area contributed by atoms with E-state index in [0.717, 1.165) is 11.3 Å². The summed E-state index contributed by atoms with van der Waals surface area (Å²) in [4.78, 5) is 14.2. The van der Waals surface area contributed by atoms with Gasteiger partial charge in [0.2, 0.25) is 0 Å². The van der Waals surface area contributed by atoms with Crippen LogP contribution in [0.5, 0.6) is 0 Å². The second kappa shape index (κ2) is 6.92. The minimum atomic E-state index is -0.314. The highest BCUT2D eigenvalue weighted by molar-refractivity contribution is 9.10. The van der Waals surface area contributed by atoms with Gasteiger partial charge in [-0.15, -0.1) is 0 Å². The molecule has 0 bridgehead atoms. The third-order valence-electron chi connectivity index (χ3n) is 3.54. The number of amides is 1. The van der Waals surface area contributed by atoms with Crippen LogP contribution < -0.4 is 10.2 Å². The number of furan rings is 1. The van der Waals surface area contributed by atoms with Crippen molar-refractivity contribution < 1.29 is 9.21 Å². The highest BCUT2D eigenvalue weighted by Crippen LogP contribution is 2.17. The predicted molar refractivity (Wildman–Crippen MR) is 96.5 cm³/mol. The highest BCUT2D eigenvalue weighted by atomic mass is 79.9. The second-order valence-electron chi connectivity index (χ2n) is 5.49. The van der Waals surface area contributed by atoms with Crippen molar-refractivity contribution in [3.63, 3.8) is 0 Å². The van der Waals surface area contributed by atoms with Crippen LogP contribution in [0.4, 0.5) is 11.5 Å². The second-order valence-corrected chi connectivity index (χ2v) is 6.27. The van der Waals surface area contributed by atoms with Crippen LogP contribution >= 0.6 is 15.9 Å². The Morgan fingerprint density at radius 2 is 1.96 bits per heavy atom. The third kappa shape index (κ3) is 3.68. The average molecular weight is 389 g/mol. The molecular weight excluding hydrogens is 372 g/mol. The van der Waals surface area contributed by atoms with Gasteiger partial charge in [0.1, 0.15) is 5.82 Å². The molecule has 0 aliphatic carbocycles. The van der Waals surface area contributed by atoms with Crippen LogP contribution in [0, 0.1) is 0 Å². The Balaban J connectivity index is 1.72. The van der Waals surface area contributed by atoms with E-state index in [2.05, 4.69) is 38.5 Å². The number of nitrogens with one attached hydrogen (secondary N) is 1. The van der Waals surface area contributed by atoms with E-state index in [9.17, 15) is 4.79 Å². The van der Waals surface area contributed by atoms with Gasteiger partial charge in [0, 0.05) is 25.8 Å². The zero-order chi connectivity index (χ0) is 17.1. The first kappa shape index (κ1) is 16.3. The fourth-order valence-electron chi connectivity index (χ4n) is 2.25. The molecule has 124 valence electrons. The molecule has 0 fully saturated rings. The van der Waals surface area contributed by atoms with Crippen LogP contribution in [0.25, 0.3) is 0 Å². The Hall–Kier alpha value is -2.54. The maximum absolute atomic E-state index is 12.2. The molecule has 2 aromatic heterocycles. The van der Waals surface area contributed by atoms with Gasteiger partial charge in [-0.05, 0) is 45.8 Å². The largest absolute Gasteiger partial charge is 0.444 e.